The molecule has 0 heterocycles. The van der Waals surface area contributed by atoms with Gasteiger partial charge in [-0.25, -0.2) is 13.2 Å². The number of Topliss-reactive ketones (excluding diaryl/α,β-unsaturated/α-hetero) is 1. The molecule has 0 fully saturated rings. The Labute approximate surface area is 88.6 Å². The minimum absolute atomic E-state index is 0.0442. The molecule has 0 saturated heterocycles. The molecule has 0 aliphatic heterocycles. The third kappa shape index (κ3) is 2.41. The van der Waals surface area contributed by atoms with Crippen LogP contribution < -0.4 is 4.74 Å². The molecule has 1 aromatic carbocycles. The van der Waals surface area contributed by atoms with Gasteiger partial charge in [0.25, 0.3) is 0 Å². The van der Waals surface area contributed by atoms with E-state index in [0.29, 0.717) is 0 Å². The molecule has 15 heavy (non-hydrogen) atoms. The summed E-state index contributed by atoms with van der Waals surface area (Å²) in [6.07, 6.45) is -3.28. The first-order chi connectivity index (χ1) is 6.97. The van der Waals surface area contributed by atoms with E-state index in [1.54, 1.807) is 0 Å². The number of ketones is 1. The zero-order chi connectivity index (χ0) is 11.6. The van der Waals surface area contributed by atoms with Gasteiger partial charge in [0.2, 0.25) is 5.78 Å². The topological polar surface area (TPSA) is 26.3 Å². The van der Waals surface area contributed by atoms with Gasteiger partial charge in [-0.2, -0.15) is 0 Å². The maximum atomic E-state index is 13.3. The molecule has 0 aliphatic rings. The smallest absolute Gasteiger partial charge is 0.300 e. The van der Waals surface area contributed by atoms with E-state index in [2.05, 4.69) is 4.74 Å². The van der Waals surface area contributed by atoms with Gasteiger partial charge in [-0.3, -0.25) is 4.79 Å². The first-order valence-electron chi connectivity index (χ1n) is 3.82. The van der Waals surface area contributed by atoms with Gasteiger partial charge >= 0.3 is 6.43 Å². The van der Waals surface area contributed by atoms with Crippen LogP contribution in [0.25, 0.3) is 0 Å². The Kier molecular flexibility index (Phi) is 3.57. The van der Waals surface area contributed by atoms with Gasteiger partial charge in [0.15, 0.2) is 11.6 Å². The van der Waals surface area contributed by atoms with Gasteiger partial charge in [0.1, 0.15) is 0 Å². The van der Waals surface area contributed by atoms with Gasteiger partial charge in [-0.05, 0) is 6.07 Å². The molecule has 6 heteroatoms. The van der Waals surface area contributed by atoms with Crippen molar-refractivity contribution < 1.29 is 22.7 Å². The summed E-state index contributed by atoms with van der Waals surface area (Å²) in [6, 6.07) is 1.94. The number of ether oxygens (including phenoxy) is 1. The Morgan fingerprint density at radius 3 is 2.53 bits per heavy atom. The lowest BCUT2D eigenvalue weighted by Gasteiger charge is -2.07. The zero-order valence-corrected chi connectivity index (χ0v) is 8.32. The third-order valence-corrected chi connectivity index (χ3v) is 1.91. The van der Waals surface area contributed by atoms with Crippen LogP contribution >= 0.6 is 11.6 Å². The number of hydrogen-bond acceptors (Lipinski definition) is 2. The zero-order valence-electron chi connectivity index (χ0n) is 7.56. The van der Waals surface area contributed by atoms with Crippen LogP contribution in [0.2, 0.25) is 5.02 Å². The Balaban J connectivity index is 3.29. The summed E-state index contributed by atoms with van der Waals surface area (Å²) in [6.45, 7) is 0. The normalized spacial score (nSPS) is 10.5. The van der Waals surface area contributed by atoms with Crippen molar-refractivity contribution >= 4 is 17.4 Å². The van der Waals surface area contributed by atoms with Crippen LogP contribution in [0.15, 0.2) is 12.1 Å². The summed E-state index contributed by atoms with van der Waals surface area (Å²) in [7, 11) is 1.14. The molecule has 0 atom stereocenters. The molecular formula is C9H6ClF3O2. The fourth-order valence-electron chi connectivity index (χ4n) is 1.01. The van der Waals surface area contributed by atoms with E-state index in [4.69, 9.17) is 11.6 Å². The number of hydrogen-bond donors (Lipinski definition) is 0. The highest BCUT2D eigenvalue weighted by Crippen LogP contribution is 2.27. The van der Waals surface area contributed by atoms with Crippen LogP contribution in [0.4, 0.5) is 13.2 Å². The fourth-order valence-corrected chi connectivity index (χ4v) is 1.22. The molecule has 0 aromatic heterocycles. The maximum absolute atomic E-state index is 13.3. The van der Waals surface area contributed by atoms with Crippen molar-refractivity contribution in [2.75, 3.05) is 7.11 Å². The summed E-state index contributed by atoms with van der Waals surface area (Å²) >= 11 is 5.51. The van der Waals surface area contributed by atoms with E-state index in [9.17, 15) is 18.0 Å². The second-order valence-electron chi connectivity index (χ2n) is 2.63. The SMILES string of the molecule is COc1cc(Cl)cc(C(=O)C(F)F)c1F. The van der Waals surface area contributed by atoms with Crippen molar-refractivity contribution in [3.63, 3.8) is 0 Å². The van der Waals surface area contributed by atoms with Gasteiger partial charge in [0.05, 0.1) is 12.7 Å². The van der Waals surface area contributed by atoms with Gasteiger partial charge in [-0.15, -0.1) is 0 Å². The van der Waals surface area contributed by atoms with E-state index in [1.165, 1.54) is 0 Å². The first kappa shape index (κ1) is 11.8. The van der Waals surface area contributed by atoms with Gasteiger partial charge in [-0.1, -0.05) is 11.6 Å². The monoisotopic (exact) mass is 238 g/mol. The van der Waals surface area contributed by atoms with Crippen LogP contribution in [-0.2, 0) is 0 Å². The van der Waals surface area contributed by atoms with E-state index < -0.39 is 23.6 Å². The number of benzene rings is 1. The summed E-state index contributed by atoms with van der Waals surface area (Å²) in [5.74, 6) is -3.09. The molecule has 1 aromatic rings. The molecule has 0 radical (unpaired) electrons. The Morgan fingerprint density at radius 2 is 2.07 bits per heavy atom. The minimum atomic E-state index is -3.28. The van der Waals surface area contributed by atoms with E-state index in [0.717, 1.165) is 19.2 Å². The Bertz CT molecular complexity index is 393. The van der Waals surface area contributed by atoms with Crippen molar-refractivity contribution in [2.45, 2.75) is 6.43 Å². The van der Waals surface area contributed by atoms with Gasteiger partial charge in [0, 0.05) is 11.1 Å². The highest BCUT2D eigenvalue weighted by atomic mass is 35.5. The minimum Gasteiger partial charge on any atom is -0.494 e. The average Bonchev–Trinajstić information content (AvgIpc) is 2.19. The third-order valence-electron chi connectivity index (χ3n) is 1.69. The van der Waals surface area contributed by atoms with Crippen LogP contribution in [0.5, 0.6) is 5.75 Å². The largest absolute Gasteiger partial charge is 0.494 e. The fraction of sp³-hybridized carbons (Fsp3) is 0.222. The predicted octanol–water partition coefficient (Wildman–Crippen LogP) is 2.94. The number of carbonyl (C=O) groups is 1. The summed E-state index contributed by atoms with van der Waals surface area (Å²) in [5, 5.41) is -0.0442. The molecule has 0 bridgehead atoms. The Hall–Kier alpha value is -1.23. The lowest BCUT2D eigenvalue weighted by molar-refractivity contribution is 0.0673. The highest BCUT2D eigenvalue weighted by molar-refractivity contribution is 6.31. The standard InChI is InChI=1S/C9H6ClF3O2/c1-15-6-3-4(10)2-5(7(6)11)8(14)9(12)13/h2-3,9H,1H3. The van der Waals surface area contributed by atoms with Crippen LogP contribution in [-0.4, -0.2) is 19.3 Å². The van der Waals surface area contributed by atoms with Crippen LogP contribution in [0, 0.1) is 5.82 Å². The number of rotatable bonds is 3. The van der Waals surface area contributed by atoms with Crippen LogP contribution in [0.1, 0.15) is 10.4 Å². The first-order valence-corrected chi connectivity index (χ1v) is 4.20. The maximum Gasteiger partial charge on any atom is 0.300 e. The van der Waals surface area contributed by atoms with Gasteiger partial charge < -0.3 is 4.74 Å². The quantitative estimate of drug-likeness (QED) is 0.757. The van der Waals surface area contributed by atoms with E-state index in [1.807, 2.05) is 0 Å². The number of methoxy groups -OCH3 is 1. The molecule has 0 spiro atoms. The molecule has 82 valence electrons. The molecule has 2 nitrogen and oxygen atoms in total. The van der Waals surface area contributed by atoms with E-state index in [-0.39, 0.29) is 10.8 Å². The van der Waals surface area contributed by atoms with E-state index >= 15 is 0 Å². The molecular weight excluding hydrogens is 233 g/mol. The predicted molar refractivity (Wildman–Crippen MR) is 48.3 cm³/mol. The molecule has 0 amide bonds. The lowest BCUT2D eigenvalue weighted by atomic mass is 10.1. The summed E-state index contributed by atoms with van der Waals surface area (Å²) in [4.78, 5) is 10.9. The number of halogens is 4. The van der Waals surface area contributed by atoms with Crippen molar-refractivity contribution in [3.05, 3.63) is 28.5 Å². The van der Waals surface area contributed by atoms with Crippen molar-refractivity contribution in [1.82, 2.24) is 0 Å². The van der Waals surface area contributed by atoms with Crippen molar-refractivity contribution in [2.24, 2.45) is 0 Å². The van der Waals surface area contributed by atoms with Crippen LogP contribution in [0.3, 0.4) is 0 Å². The van der Waals surface area contributed by atoms with Crippen molar-refractivity contribution in [1.29, 1.82) is 0 Å². The second-order valence-corrected chi connectivity index (χ2v) is 3.07. The highest BCUT2D eigenvalue weighted by Gasteiger charge is 2.24. The molecule has 0 aliphatic carbocycles. The second kappa shape index (κ2) is 4.53. The lowest BCUT2D eigenvalue weighted by Crippen LogP contribution is -2.12. The molecule has 0 N–H and O–H groups in total. The average molecular weight is 239 g/mol. The Morgan fingerprint density at radius 1 is 1.47 bits per heavy atom. The number of alkyl halides is 2. The number of carbonyl (C=O) groups excluding carboxylic acids is 1. The molecule has 0 unspecified atom stereocenters. The summed E-state index contributed by atoms with van der Waals surface area (Å²) in [5.41, 5.74) is -0.769. The molecule has 1 rings (SSSR count). The molecule has 0 saturated carbocycles. The van der Waals surface area contributed by atoms with Crippen molar-refractivity contribution in [3.8, 4) is 5.75 Å². The summed E-state index contributed by atoms with van der Waals surface area (Å²) < 4.78 is 42.0.